The second-order valence-corrected chi connectivity index (χ2v) is 10.1. The van der Waals surface area contributed by atoms with Crippen LogP contribution in [-0.4, -0.2) is 66.8 Å². The number of likely N-dealkylation sites (tertiary alicyclic amines) is 2. The van der Waals surface area contributed by atoms with Crippen LogP contribution < -0.4 is 28.0 Å². The normalized spacial score (nSPS) is 20.5. The van der Waals surface area contributed by atoms with E-state index in [1.165, 1.54) is 6.42 Å². The Bertz CT molecular complexity index is 880. The van der Waals surface area contributed by atoms with Crippen LogP contribution in [0.25, 0.3) is 5.69 Å². The quantitative estimate of drug-likeness (QED) is 0.374. The Balaban J connectivity index is 0.000000368. The molecule has 1 amide bonds. The maximum absolute atomic E-state index is 12.9. The molecule has 0 saturated carbocycles. The SMILES string of the molecule is CC(C)N1CC2CC(CN(C(=O)c3ccc(-n4ccnc4)cc3)C2)C1.[O-][Cl+3]([O-])([O-])O.[O-][Cl+3]([O-])([O-])O. The summed E-state index contributed by atoms with van der Waals surface area (Å²) >= 11 is 0. The van der Waals surface area contributed by atoms with Crippen LogP contribution in [0.2, 0.25) is 0 Å². The number of rotatable bonds is 3. The summed E-state index contributed by atoms with van der Waals surface area (Å²) in [5.74, 6) is 1.40. The molecule has 2 fully saturated rings. The number of piperidine rings is 2. The molecule has 2 bridgehead atoms. The van der Waals surface area contributed by atoms with Gasteiger partial charge in [0.2, 0.25) is 0 Å². The van der Waals surface area contributed by atoms with Gasteiger partial charge in [-0.25, -0.2) is 4.98 Å². The van der Waals surface area contributed by atoms with Crippen molar-refractivity contribution >= 4 is 5.91 Å². The Labute approximate surface area is 206 Å². The van der Waals surface area contributed by atoms with Gasteiger partial charge in [-0.15, -0.1) is 0 Å². The summed E-state index contributed by atoms with van der Waals surface area (Å²) in [5, 5.41) is 0. The van der Waals surface area contributed by atoms with Gasteiger partial charge in [-0.1, -0.05) is 0 Å². The number of carbonyl (C=O) groups excluding carboxylic acids is 1. The summed E-state index contributed by atoms with van der Waals surface area (Å²) in [7, 11) is -9.39. The molecule has 35 heavy (non-hydrogen) atoms. The summed E-state index contributed by atoms with van der Waals surface area (Å²) in [6, 6.07) is 8.44. The van der Waals surface area contributed by atoms with Gasteiger partial charge in [0, 0.05) is 55.9 Å². The monoisotopic (exact) mass is 538 g/mol. The van der Waals surface area contributed by atoms with Crippen molar-refractivity contribution < 1.29 is 62.6 Å². The van der Waals surface area contributed by atoms with Crippen molar-refractivity contribution in [3.8, 4) is 5.69 Å². The second-order valence-electron chi connectivity index (χ2n) is 8.53. The highest BCUT2D eigenvalue weighted by molar-refractivity contribution is 5.94. The number of amides is 1. The first-order chi connectivity index (χ1) is 16.1. The number of halogens is 2. The number of hydrogen-bond donors (Lipinski definition) is 2. The molecule has 0 spiro atoms. The summed E-state index contributed by atoms with van der Waals surface area (Å²) < 4.78 is 67.4. The van der Waals surface area contributed by atoms with Crippen LogP contribution in [0.1, 0.15) is 30.6 Å². The van der Waals surface area contributed by atoms with Gasteiger partial charge in [-0.05, 0) is 56.4 Å². The van der Waals surface area contributed by atoms with E-state index in [0.29, 0.717) is 17.9 Å². The highest BCUT2D eigenvalue weighted by Crippen LogP contribution is 2.30. The van der Waals surface area contributed by atoms with E-state index in [9.17, 15) is 4.79 Å². The Kier molecular flexibility index (Phi) is 10.4. The lowest BCUT2D eigenvalue weighted by Gasteiger charge is -2.47. The molecule has 2 aliphatic rings. The van der Waals surface area contributed by atoms with E-state index < -0.39 is 20.5 Å². The van der Waals surface area contributed by atoms with E-state index in [0.717, 1.165) is 37.4 Å². The van der Waals surface area contributed by atoms with Gasteiger partial charge in [-0.2, -0.15) is 28.0 Å². The molecule has 1 aromatic carbocycles. The van der Waals surface area contributed by atoms with Crippen molar-refractivity contribution in [2.45, 2.75) is 26.3 Å². The summed E-state index contributed by atoms with van der Waals surface area (Å²) in [6.07, 6.45) is 6.70. The lowest BCUT2D eigenvalue weighted by molar-refractivity contribution is -1.92. The van der Waals surface area contributed by atoms with Gasteiger partial charge >= 0.3 is 0 Å². The Morgan fingerprint density at radius 2 is 1.43 bits per heavy atom. The Morgan fingerprint density at radius 1 is 0.943 bits per heavy atom. The average molecular weight is 539 g/mol. The lowest BCUT2D eigenvalue weighted by atomic mass is 9.84. The van der Waals surface area contributed by atoms with Crippen molar-refractivity contribution in [1.29, 1.82) is 0 Å². The lowest BCUT2D eigenvalue weighted by Crippen LogP contribution is -2.58. The largest absolute Gasteiger partial charge is 0.338 e. The van der Waals surface area contributed by atoms with E-state index in [1.807, 2.05) is 35.0 Å². The maximum atomic E-state index is 12.9. The molecule has 2 aromatic rings. The molecular weight excluding hydrogens is 511 g/mol. The van der Waals surface area contributed by atoms with Gasteiger partial charge in [0.05, 0.1) is 36.1 Å². The molecule has 2 N–H and O–H groups in total. The molecule has 2 unspecified atom stereocenters. The highest BCUT2D eigenvalue weighted by atomic mass is 35.7. The molecule has 4 rings (SSSR count). The maximum Gasteiger partial charge on any atom is 0.253 e. The van der Waals surface area contributed by atoms with Crippen molar-refractivity contribution in [1.82, 2.24) is 19.4 Å². The van der Waals surface area contributed by atoms with Crippen LogP contribution >= 0.6 is 0 Å². The molecular formula is C20H28Cl2N4O9. The average Bonchev–Trinajstić information content (AvgIpc) is 3.25. The van der Waals surface area contributed by atoms with E-state index in [1.54, 1.807) is 12.5 Å². The number of hydrogen-bond acceptors (Lipinski definition) is 11. The molecule has 0 aliphatic carbocycles. The number of aromatic nitrogens is 2. The van der Waals surface area contributed by atoms with E-state index >= 15 is 0 Å². The fourth-order valence-corrected chi connectivity index (χ4v) is 4.28. The van der Waals surface area contributed by atoms with Gasteiger partial charge in [0.25, 0.3) is 5.91 Å². The van der Waals surface area contributed by atoms with Crippen molar-refractivity contribution in [2.75, 3.05) is 26.2 Å². The van der Waals surface area contributed by atoms with Crippen LogP contribution in [-0.2, 0) is 0 Å². The van der Waals surface area contributed by atoms with Crippen LogP contribution in [0.3, 0.4) is 0 Å². The number of carbonyl (C=O) groups is 1. The summed E-state index contributed by atoms with van der Waals surface area (Å²) in [6.45, 7) is 8.57. The second kappa shape index (κ2) is 12.4. The molecule has 2 aliphatic heterocycles. The summed E-state index contributed by atoms with van der Waals surface area (Å²) in [5.41, 5.74) is 1.81. The third kappa shape index (κ3) is 11.2. The van der Waals surface area contributed by atoms with Crippen LogP contribution in [0, 0.1) is 32.3 Å². The number of imidazole rings is 1. The Morgan fingerprint density at radius 3 is 1.83 bits per heavy atom. The molecule has 0 radical (unpaired) electrons. The smallest absolute Gasteiger partial charge is 0.253 e. The van der Waals surface area contributed by atoms with E-state index in [2.05, 4.69) is 28.6 Å². The highest BCUT2D eigenvalue weighted by Gasteiger charge is 2.36. The number of nitrogens with zero attached hydrogens (tertiary/aromatic N) is 4. The van der Waals surface area contributed by atoms with Gasteiger partial charge in [0.1, 0.15) is 0 Å². The molecule has 196 valence electrons. The standard InChI is InChI=1S/C20H26N4O.2ClHO4/c1-15(2)23-10-16-9-17(11-23)13-24(12-16)20(25)18-3-5-19(6-4-18)22-8-7-21-14-22;2*2-1(3,4)5/h3-8,14-17H,9-13H2,1-2H3;2*(H,2,3,4,5). The molecule has 1 aromatic heterocycles. The topological polar surface area (TPSA) is 220 Å². The van der Waals surface area contributed by atoms with Crippen molar-refractivity contribution in [3.05, 3.63) is 48.5 Å². The Hall–Kier alpha value is -1.88. The zero-order valence-corrected chi connectivity index (χ0v) is 20.6. The van der Waals surface area contributed by atoms with Gasteiger partial charge < -0.3 is 14.4 Å². The predicted octanol–water partition coefficient (Wildman–Crippen LogP) is -5.57. The van der Waals surface area contributed by atoms with Crippen LogP contribution in [0.15, 0.2) is 43.0 Å². The van der Waals surface area contributed by atoms with Crippen molar-refractivity contribution in [3.63, 3.8) is 0 Å². The minimum Gasteiger partial charge on any atom is -0.338 e. The van der Waals surface area contributed by atoms with E-state index in [4.69, 9.17) is 37.3 Å². The molecule has 15 heteroatoms. The zero-order valence-electron chi connectivity index (χ0n) is 19.1. The minimum absolute atomic E-state index is 0.171. The number of benzene rings is 1. The van der Waals surface area contributed by atoms with Gasteiger partial charge in [-0.3, -0.25) is 4.79 Å². The van der Waals surface area contributed by atoms with Crippen molar-refractivity contribution in [2.24, 2.45) is 11.8 Å². The zero-order chi connectivity index (χ0) is 26.4. The van der Waals surface area contributed by atoms with Crippen LogP contribution in [0.4, 0.5) is 0 Å². The number of fused-ring (bicyclic) bond motifs is 2. The molecule has 13 nitrogen and oxygen atoms in total. The first kappa shape index (κ1) is 29.4. The fraction of sp³-hybridized carbons (Fsp3) is 0.500. The molecule has 3 heterocycles. The van der Waals surface area contributed by atoms with Crippen LogP contribution in [0.5, 0.6) is 0 Å². The third-order valence-electron chi connectivity index (χ3n) is 5.54. The van der Waals surface area contributed by atoms with Gasteiger partial charge in [0.15, 0.2) is 0 Å². The first-order valence-corrected chi connectivity index (χ1v) is 13.0. The first-order valence-electron chi connectivity index (χ1n) is 10.5. The fourth-order valence-electron chi connectivity index (χ4n) is 4.28. The summed E-state index contributed by atoms with van der Waals surface area (Å²) in [4.78, 5) is 21.6. The predicted molar refractivity (Wildman–Crippen MR) is 102 cm³/mol. The molecule has 2 atom stereocenters. The third-order valence-corrected chi connectivity index (χ3v) is 5.54. The molecule has 2 saturated heterocycles. The minimum atomic E-state index is -4.69. The van der Waals surface area contributed by atoms with E-state index in [-0.39, 0.29) is 5.91 Å².